The van der Waals surface area contributed by atoms with E-state index < -0.39 is 17.3 Å². The summed E-state index contributed by atoms with van der Waals surface area (Å²) in [6.07, 6.45) is 3.51. The van der Waals surface area contributed by atoms with Crippen LogP contribution in [0.25, 0.3) is 11.2 Å². The molecule has 136 valence electrons. The van der Waals surface area contributed by atoms with Gasteiger partial charge in [-0.2, -0.15) is 0 Å². The largest absolute Gasteiger partial charge is 0.332 e. The molecule has 25 heavy (non-hydrogen) atoms. The molecular formula is C17H25N5O3. The zero-order chi connectivity index (χ0) is 18.3. The van der Waals surface area contributed by atoms with Crippen LogP contribution in [0.4, 0.5) is 0 Å². The van der Waals surface area contributed by atoms with Crippen molar-refractivity contribution in [2.24, 2.45) is 14.1 Å². The lowest BCUT2D eigenvalue weighted by atomic mass is 10.1. The number of aromatic nitrogens is 4. The maximum absolute atomic E-state index is 12.7. The van der Waals surface area contributed by atoms with Crippen LogP contribution in [0.15, 0.2) is 9.59 Å². The normalized spacial score (nSPS) is 17.1. The van der Waals surface area contributed by atoms with Crippen molar-refractivity contribution in [1.82, 2.24) is 23.6 Å². The first-order chi connectivity index (χ1) is 11.8. The fourth-order valence-electron chi connectivity index (χ4n) is 3.49. The summed E-state index contributed by atoms with van der Waals surface area (Å²) in [5.74, 6) is 0.619. The fraction of sp³-hybridized carbons (Fsp3) is 0.647. The highest BCUT2D eigenvalue weighted by molar-refractivity contribution is 5.82. The Labute approximate surface area is 145 Å². The molecule has 2 aromatic heterocycles. The third-order valence-corrected chi connectivity index (χ3v) is 5.15. The van der Waals surface area contributed by atoms with Crippen molar-refractivity contribution >= 4 is 16.9 Å². The Morgan fingerprint density at radius 3 is 2.36 bits per heavy atom. The van der Waals surface area contributed by atoms with Crippen molar-refractivity contribution in [3.8, 4) is 0 Å². The number of rotatable bonds is 4. The minimum Gasteiger partial charge on any atom is -0.311 e. The molecule has 0 amide bonds. The van der Waals surface area contributed by atoms with Crippen molar-refractivity contribution in [3.63, 3.8) is 0 Å². The monoisotopic (exact) mass is 347 g/mol. The molecule has 0 bridgehead atoms. The predicted molar refractivity (Wildman–Crippen MR) is 94.7 cm³/mol. The number of hydrogen-bond donors (Lipinski definition) is 0. The Balaban J connectivity index is 2.24. The minimum atomic E-state index is -0.505. The van der Waals surface area contributed by atoms with E-state index in [2.05, 4.69) is 9.88 Å². The molecule has 1 atom stereocenters. The summed E-state index contributed by atoms with van der Waals surface area (Å²) in [5.41, 5.74) is -0.168. The Kier molecular flexibility index (Phi) is 4.64. The van der Waals surface area contributed by atoms with Gasteiger partial charge in [0.25, 0.3) is 5.56 Å². The third-order valence-electron chi connectivity index (χ3n) is 5.15. The SMILES string of the molecule is CC(=O)[C@H](C)n1c(CN2CCCCC2)nc2c1c(=O)n(C)c(=O)n2C. The fourth-order valence-corrected chi connectivity index (χ4v) is 3.49. The molecule has 8 nitrogen and oxygen atoms in total. The van der Waals surface area contributed by atoms with Crippen LogP contribution in [-0.2, 0) is 25.4 Å². The van der Waals surface area contributed by atoms with Gasteiger partial charge in [0.2, 0.25) is 0 Å². The van der Waals surface area contributed by atoms with Gasteiger partial charge in [0.1, 0.15) is 5.82 Å². The molecule has 1 fully saturated rings. The number of carbonyl (C=O) groups excluding carboxylic acids is 1. The molecular weight excluding hydrogens is 322 g/mol. The number of imidazole rings is 1. The molecule has 3 rings (SSSR count). The van der Waals surface area contributed by atoms with Gasteiger partial charge in [-0.1, -0.05) is 6.42 Å². The summed E-state index contributed by atoms with van der Waals surface area (Å²) in [6, 6.07) is -0.505. The Hall–Kier alpha value is -2.22. The van der Waals surface area contributed by atoms with Crippen LogP contribution in [0.5, 0.6) is 0 Å². The molecule has 0 unspecified atom stereocenters. The second-order valence-electron chi connectivity index (χ2n) is 6.90. The quantitative estimate of drug-likeness (QED) is 0.808. The van der Waals surface area contributed by atoms with E-state index >= 15 is 0 Å². The molecule has 3 heterocycles. The maximum atomic E-state index is 12.7. The van der Waals surface area contributed by atoms with Crippen LogP contribution in [0.2, 0.25) is 0 Å². The number of nitrogens with zero attached hydrogens (tertiary/aromatic N) is 5. The maximum Gasteiger partial charge on any atom is 0.332 e. The van der Waals surface area contributed by atoms with E-state index in [1.165, 1.54) is 25.0 Å². The first-order valence-electron chi connectivity index (χ1n) is 8.72. The first-order valence-corrected chi connectivity index (χ1v) is 8.72. The average Bonchev–Trinajstić information content (AvgIpc) is 2.97. The van der Waals surface area contributed by atoms with Crippen LogP contribution in [0.3, 0.4) is 0 Å². The minimum absolute atomic E-state index is 0.0462. The molecule has 0 aromatic carbocycles. The smallest absolute Gasteiger partial charge is 0.311 e. The van der Waals surface area contributed by atoms with Crippen molar-refractivity contribution in [3.05, 3.63) is 26.7 Å². The number of likely N-dealkylation sites (tertiary alicyclic amines) is 1. The van der Waals surface area contributed by atoms with Gasteiger partial charge >= 0.3 is 5.69 Å². The third kappa shape index (κ3) is 2.95. The summed E-state index contributed by atoms with van der Waals surface area (Å²) in [7, 11) is 3.05. The molecule has 0 radical (unpaired) electrons. The van der Waals surface area contributed by atoms with Gasteiger partial charge in [0.05, 0.1) is 12.6 Å². The number of Topliss-reactive ketones (excluding diaryl/α,β-unsaturated/α-hetero) is 1. The zero-order valence-electron chi connectivity index (χ0n) is 15.3. The van der Waals surface area contributed by atoms with Gasteiger partial charge in [-0.25, -0.2) is 9.78 Å². The van der Waals surface area contributed by atoms with Gasteiger partial charge < -0.3 is 4.57 Å². The van der Waals surface area contributed by atoms with Crippen LogP contribution >= 0.6 is 0 Å². The molecule has 1 aliphatic heterocycles. The summed E-state index contributed by atoms with van der Waals surface area (Å²) >= 11 is 0. The molecule has 0 aliphatic carbocycles. The predicted octanol–water partition coefficient (Wildman–Crippen LogP) is 0.570. The average molecular weight is 347 g/mol. The second kappa shape index (κ2) is 6.59. The van der Waals surface area contributed by atoms with E-state index in [0.717, 1.165) is 30.5 Å². The number of fused-ring (bicyclic) bond motifs is 1. The van der Waals surface area contributed by atoms with Crippen molar-refractivity contribution < 1.29 is 4.79 Å². The van der Waals surface area contributed by atoms with E-state index in [-0.39, 0.29) is 5.78 Å². The van der Waals surface area contributed by atoms with E-state index in [1.807, 2.05) is 0 Å². The molecule has 1 saturated heterocycles. The van der Waals surface area contributed by atoms with Crippen molar-refractivity contribution in [2.75, 3.05) is 13.1 Å². The topological polar surface area (TPSA) is 82.1 Å². The number of ketones is 1. The number of carbonyl (C=O) groups is 1. The number of piperidine rings is 1. The van der Waals surface area contributed by atoms with E-state index in [1.54, 1.807) is 18.5 Å². The summed E-state index contributed by atoms with van der Waals surface area (Å²) in [4.78, 5) is 43.9. The van der Waals surface area contributed by atoms with Crippen LogP contribution in [0.1, 0.15) is 45.0 Å². The lowest BCUT2D eigenvalue weighted by Crippen LogP contribution is -2.38. The van der Waals surface area contributed by atoms with Crippen LogP contribution < -0.4 is 11.2 Å². The highest BCUT2D eigenvalue weighted by atomic mass is 16.2. The Morgan fingerprint density at radius 1 is 1.12 bits per heavy atom. The van der Waals surface area contributed by atoms with Crippen LogP contribution in [0, 0.1) is 0 Å². The van der Waals surface area contributed by atoms with Crippen molar-refractivity contribution in [2.45, 2.75) is 45.7 Å². The van der Waals surface area contributed by atoms with Gasteiger partial charge in [-0.3, -0.25) is 23.6 Å². The highest BCUT2D eigenvalue weighted by Gasteiger charge is 2.25. The summed E-state index contributed by atoms with van der Waals surface area (Å²) in [5, 5.41) is 0. The first kappa shape index (κ1) is 17.6. The van der Waals surface area contributed by atoms with Gasteiger partial charge in [0, 0.05) is 14.1 Å². The van der Waals surface area contributed by atoms with Gasteiger partial charge in [-0.05, 0) is 39.8 Å². The number of aryl methyl sites for hydroxylation is 1. The number of hydrogen-bond acceptors (Lipinski definition) is 5. The van der Waals surface area contributed by atoms with Gasteiger partial charge in [-0.15, -0.1) is 0 Å². The second-order valence-corrected chi connectivity index (χ2v) is 6.90. The summed E-state index contributed by atoms with van der Waals surface area (Å²) in [6.45, 7) is 5.81. The zero-order valence-corrected chi connectivity index (χ0v) is 15.3. The van der Waals surface area contributed by atoms with Crippen LogP contribution in [-0.4, -0.2) is 42.5 Å². The van der Waals surface area contributed by atoms with E-state index in [9.17, 15) is 14.4 Å². The van der Waals surface area contributed by atoms with E-state index in [0.29, 0.717) is 23.5 Å². The lowest BCUT2D eigenvalue weighted by molar-refractivity contribution is -0.119. The molecule has 0 spiro atoms. The molecule has 0 N–H and O–H groups in total. The molecule has 0 saturated carbocycles. The van der Waals surface area contributed by atoms with E-state index in [4.69, 9.17) is 0 Å². The molecule has 8 heteroatoms. The van der Waals surface area contributed by atoms with Crippen molar-refractivity contribution in [1.29, 1.82) is 0 Å². The summed E-state index contributed by atoms with van der Waals surface area (Å²) < 4.78 is 4.16. The highest BCUT2D eigenvalue weighted by Crippen LogP contribution is 2.21. The van der Waals surface area contributed by atoms with Gasteiger partial charge in [0.15, 0.2) is 16.9 Å². The Bertz CT molecular complexity index is 930. The standard InChI is InChI=1S/C17H25N5O3/c1-11(12(2)23)22-13(10-21-8-6-5-7-9-21)18-15-14(22)16(24)20(4)17(25)19(15)3/h11H,5-10H2,1-4H3/t11-/m0/s1. The molecule has 1 aliphatic rings. The molecule has 2 aromatic rings. The lowest BCUT2D eigenvalue weighted by Gasteiger charge is -2.26. The Morgan fingerprint density at radius 2 is 1.76 bits per heavy atom.